The number of ether oxygens (including phenoxy) is 1. The van der Waals surface area contributed by atoms with Crippen molar-refractivity contribution in [3.8, 4) is 0 Å². The van der Waals surface area contributed by atoms with Crippen molar-refractivity contribution in [3.05, 3.63) is 35.5 Å². The van der Waals surface area contributed by atoms with Gasteiger partial charge in [-0.1, -0.05) is 6.07 Å². The Morgan fingerprint density at radius 3 is 3.08 bits per heavy atom. The maximum atomic E-state index is 12.2. The summed E-state index contributed by atoms with van der Waals surface area (Å²) in [6.07, 6.45) is 4.77. The lowest BCUT2D eigenvalue weighted by atomic mass is 10.1. The fourth-order valence-electron chi connectivity index (χ4n) is 3.28. The second-order valence-electron chi connectivity index (χ2n) is 6.73. The number of urea groups is 1. The van der Waals surface area contributed by atoms with Crippen LogP contribution < -0.4 is 5.32 Å². The van der Waals surface area contributed by atoms with E-state index in [1.807, 2.05) is 14.0 Å². The third kappa shape index (κ3) is 4.29. The molecule has 24 heavy (non-hydrogen) atoms. The summed E-state index contributed by atoms with van der Waals surface area (Å²) >= 11 is 0. The molecule has 130 valence electrons. The second-order valence-corrected chi connectivity index (χ2v) is 6.73. The molecule has 0 saturated carbocycles. The molecule has 1 atom stereocenters. The van der Waals surface area contributed by atoms with E-state index >= 15 is 0 Å². The van der Waals surface area contributed by atoms with Crippen molar-refractivity contribution in [3.63, 3.8) is 0 Å². The number of amides is 2. The molecule has 5 heteroatoms. The third-order valence-electron chi connectivity index (χ3n) is 4.65. The maximum absolute atomic E-state index is 12.2. The summed E-state index contributed by atoms with van der Waals surface area (Å²) in [7, 11) is 1.85. The van der Waals surface area contributed by atoms with Gasteiger partial charge in [-0.05, 0) is 61.8 Å². The van der Waals surface area contributed by atoms with Crippen LogP contribution in [-0.2, 0) is 11.3 Å². The van der Waals surface area contributed by atoms with E-state index in [0.29, 0.717) is 12.6 Å². The van der Waals surface area contributed by atoms with Crippen LogP contribution in [0.4, 0.5) is 4.79 Å². The summed E-state index contributed by atoms with van der Waals surface area (Å²) in [6.45, 7) is 4.26. The third-order valence-corrected chi connectivity index (χ3v) is 4.65. The van der Waals surface area contributed by atoms with E-state index in [0.717, 1.165) is 49.2 Å². The molecule has 1 fully saturated rings. The minimum atomic E-state index is -0.0207. The molecule has 2 amide bonds. The summed E-state index contributed by atoms with van der Waals surface area (Å²) in [5, 5.41) is 4.18. The van der Waals surface area contributed by atoms with Crippen LogP contribution in [-0.4, -0.2) is 42.2 Å². The van der Waals surface area contributed by atoms with Crippen LogP contribution >= 0.6 is 0 Å². The molecule has 3 rings (SSSR count). The van der Waals surface area contributed by atoms with Gasteiger partial charge in [0.1, 0.15) is 0 Å². The average Bonchev–Trinajstić information content (AvgIpc) is 3.20. The summed E-state index contributed by atoms with van der Waals surface area (Å²) in [4.78, 5) is 17.3. The van der Waals surface area contributed by atoms with Crippen molar-refractivity contribution < 1.29 is 9.53 Å². The van der Waals surface area contributed by atoms with Crippen molar-refractivity contribution >= 4 is 16.9 Å². The lowest BCUT2D eigenvalue weighted by molar-refractivity contribution is 0.100. The maximum Gasteiger partial charge on any atom is 0.317 e. The van der Waals surface area contributed by atoms with Crippen molar-refractivity contribution in [2.45, 2.75) is 45.3 Å². The number of nitrogens with zero attached hydrogens (tertiary/aromatic N) is 1. The van der Waals surface area contributed by atoms with E-state index < -0.39 is 0 Å². The highest BCUT2D eigenvalue weighted by Crippen LogP contribution is 2.18. The Balaban J connectivity index is 1.43. The number of fused-ring (bicyclic) bond motifs is 1. The van der Waals surface area contributed by atoms with E-state index in [2.05, 4.69) is 34.6 Å². The van der Waals surface area contributed by atoms with Gasteiger partial charge in [-0.25, -0.2) is 4.79 Å². The van der Waals surface area contributed by atoms with Crippen molar-refractivity contribution in [1.82, 2.24) is 15.2 Å². The molecule has 2 aromatic rings. The standard InChI is InChI=1S/C19H27N3O2/c1-14-11-16-12-15(7-8-18(16)21-14)13-20-19(23)22(2)9-3-5-17-6-4-10-24-17/h7-8,11-12,17,21H,3-6,9-10,13H2,1-2H3,(H,20,23)/t17-/m1/s1. The molecule has 1 aliphatic heterocycles. The first-order chi connectivity index (χ1) is 11.6. The van der Waals surface area contributed by atoms with Gasteiger partial charge >= 0.3 is 6.03 Å². The van der Waals surface area contributed by atoms with E-state index in [1.54, 1.807) is 4.90 Å². The second kappa shape index (κ2) is 7.71. The van der Waals surface area contributed by atoms with Gasteiger partial charge in [0.2, 0.25) is 0 Å². The highest BCUT2D eigenvalue weighted by molar-refractivity contribution is 5.81. The zero-order chi connectivity index (χ0) is 16.9. The molecular weight excluding hydrogens is 302 g/mol. The van der Waals surface area contributed by atoms with Crippen LogP contribution in [0.15, 0.2) is 24.3 Å². The summed E-state index contributed by atoms with van der Waals surface area (Å²) < 4.78 is 5.62. The van der Waals surface area contributed by atoms with Crippen LogP contribution in [0, 0.1) is 6.92 Å². The number of aromatic amines is 1. The van der Waals surface area contributed by atoms with E-state index in [9.17, 15) is 4.79 Å². The van der Waals surface area contributed by atoms with E-state index in [4.69, 9.17) is 4.74 Å². The average molecular weight is 329 g/mol. The lowest BCUT2D eigenvalue weighted by Crippen LogP contribution is -2.37. The monoisotopic (exact) mass is 329 g/mol. The van der Waals surface area contributed by atoms with Crippen molar-refractivity contribution in [2.75, 3.05) is 20.2 Å². The van der Waals surface area contributed by atoms with Gasteiger partial charge in [0.15, 0.2) is 0 Å². The van der Waals surface area contributed by atoms with Gasteiger partial charge in [0.25, 0.3) is 0 Å². The Bertz CT molecular complexity index is 689. The van der Waals surface area contributed by atoms with Gasteiger partial charge in [-0.3, -0.25) is 0 Å². The molecule has 2 heterocycles. The number of hydrogen-bond donors (Lipinski definition) is 2. The topological polar surface area (TPSA) is 57.4 Å². The number of rotatable bonds is 6. The van der Waals surface area contributed by atoms with E-state index in [1.165, 1.54) is 11.8 Å². The minimum Gasteiger partial charge on any atom is -0.378 e. The van der Waals surface area contributed by atoms with E-state index in [-0.39, 0.29) is 6.03 Å². The number of benzene rings is 1. The predicted octanol–water partition coefficient (Wildman–Crippen LogP) is 3.58. The normalized spacial score (nSPS) is 17.3. The highest BCUT2D eigenvalue weighted by atomic mass is 16.5. The Labute approximate surface area is 143 Å². The number of H-pyrrole nitrogens is 1. The molecule has 0 unspecified atom stereocenters. The molecule has 0 bridgehead atoms. The Hall–Kier alpha value is -2.01. The number of aromatic nitrogens is 1. The van der Waals surface area contributed by atoms with Gasteiger partial charge in [0, 0.05) is 38.0 Å². The largest absolute Gasteiger partial charge is 0.378 e. The summed E-state index contributed by atoms with van der Waals surface area (Å²) in [6, 6.07) is 8.34. The zero-order valence-corrected chi connectivity index (χ0v) is 14.6. The molecule has 2 N–H and O–H groups in total. The molecule has 0 spiro atoms. The number of nitrogens with one attached hydrogen (secondary N) is 2. The summed E-state index contributed by atoms with van der Waals surface area (Å²) in [5.74, 6) is 0. The fraction of sp³-hybridized carbons (Fsp3) is 0.526. The molecule has 1 aromatic carbocycles. The highest BCUT2D eigenvalue weighted by Gasteiger charge is 2.16. The molecule has 1 aromatic heterocycles. The Kier molecular flexibility index (Phi) is 5.41. The summed E-state index contributed by atoms with van der Waals surface area (Å²) in [5.41, 5.74) is 3.40. The minimum absolute atomic E-state index is 0.0207. The van der Waals surface area contributed by atoms with Gasteiger partial charge in [-0.2, -0.15) is 0 Å². The van der Waals surface area contributed by atoms with Crippen LogP contribution in [0.25, 0.3) is 10.9 Å². The van der Waals surface area contributed by atoms with Crippen LogP contribution in [0.2, 0.25) is 0 Å². The van der Waals surface area contributed by atoms with Gasteiger partial charge < -0.3 is 19.9 Å². The molecule has 1 saturated heterocycles. The van der Waals surface area contributed by atoms with Crippen LogP contribution in [0.5, 0.6) is 0 Å². The van der Waals surface area contributed by atoms with Crippen molar-refractivity contribution in [2.24, 2.45) is 0 Å². The van der Waals surface area contributed by atoms with Gasteiger partial charge in [0.05, 0.1) is 6.10 Å². The first-order valence-corrected chi connectivity index (χ1v) is 8.80. The quantitative estimate of drug-likeness (QED) is 0.851. The number of carbonyl (C=O) groups excluding carboxylic acids is 1. The number of hydrogen-bond acceptors (Lipinski definition) is 2. The fourth-order valence-corrected chi connectivity index (χ4v) is 3.28. The van der Waals surface area contributed by atoms with Crippen LogP contribution in [0.3, 0.4) is 0 Å². The first kappa shape index (κ1) is 16.8. The molecule has 5 nitrogen and oxygen atoms in total. The number of carbonyl (C=O) groups is 1. The predicted molar refractivity (Wildman–Crippen MR) is 96.1 cm³/mol. The first-order valence-electron chi connectivity index (χ1n) is 8.80. The lowest BCUT2D eigenvalue weighted by Gasteiger charge is -2.19. The Morgan fingerprint density at radius 2 is 2.29 bits per heavy atom. The smallest absolute Gasteiger partial charge is 0.317 e. The number of aryl methyl sites for hydroxylation is 1. The van der Waals surface area contributed by atoms with Crippen LogP contribution in [0.1, 0.15) is 36.9 Å². The molecule has 1 aliphatic rings. The van der Waals surface area contributed by atoms with Crippen molar-refractivity contribution in [1.29, 1.82) is 0 Å². The zero-order valence-electron chi connectivity index (χ0n) is 14.6. The molecule has 0 radical (unpaired) electrons. The molecular formula is C19H27N3O2. The Morgan fingerprint density at radius 1 is 1.42 bits per heavy atom. The van der Waals surface area contributed by atoms with Gasteiger partial charge in [-0.15, -0.1) is 0 Å². The SMILES string of the molecule is Cc1cc2cc(CNC(=O)N(C)CCC[C@@H]3CCCO3)ccc2[nH]1. The molecule has 0 aliphatic carbocycles.